The summed E-state index contributed by atoms with van der Waals surface area (Å²) in [5.74, 6) is -0.123. The van der Waals surface area contributed by atoms with E-state index in [2.05, 4.69) is 14.8 Å². The molecule has 2 aromatic rings. The topological polar surface area (TPSA) is 56.7 Å². The number of likely N-dealkylation sites (tertiary alicyclic amines) is 2. The highest BCUT2D eigenvalue weighted by Crippen LogP contribution is 2.42. The van der Waals surface area contributed by atoms with Gasteiger partial charge in [-0.15, -0.1) is 0 Å². The third-order valence-corrected chi connectivity index (χ3v) is 7.46. The molecule has 0 radical (unpaired) electrons. The first kappa shape index (κ1) is 20.6. The predicted molar refractivity (Wildman–Crippen MR) is 117 cm³/mol. The molecular weight excluding hydrogens is 393 g/mol. The van der Waals surface area contributed by atoms with Gasteiger partial charge in [-0.25, -0.2) is 4.39 Å². The van der Waals surface area contributed by atoms with Gasteiger partial charge < -0.3 is 10.0 Å². The molecule has 1 aliphatic carbocycles. The molecule has 31 heavy (non-hydrogen) atoms. The second-order valence-electron chi connectivity index (χ2n) is 9.36. The molecule has 5 rings (SSSR count). The number of aliphatic hydroxyl groups excluding tert-OH is 1. The lowest BCUT2D eigenvalue weighted by atomic mass is 9.91. The highest BCUT2D eigenvalue weighted by molar-refractivity contribution is 5.89. The van der Waals surface area contributed by atoms with E-state index in [1.807, 2.05) is 24.3 Å². The van der Waals surface area contributed by atoms with E-state index >= 15 is 0 Å². The summed E-state index contributed by atoms with van der Waals surface area (Å²) >= 11 is 0. The minimum atomic E-state index is -0.577. The van der Waals surface area contributed by atoms with Gasteiger partial charge in [-0.2, -0.15) is 0 Å². The van der Waals surface area contributed by atoms with Crippen molar-refractivity contribution in [2.75, 3.05) is 13.1 Å². The summed E-state index contributed by atoms with van der Waals surface area (Å²) < 4.78 is 14.0. The van der Waals surface area contributed by atoms with Crippen LogP contribution in [0.5, 0.6) is 0 Å². The fourth-order valence-corrected chi connectivity index (χ4v) is 5.85. The van der Waals surface area contributed by atoms with E-state index in [0.717, 1.165) is 36.9 Å². The first-order valence-corrected chi connectivity index (χ1v) is 11.5. The molecule has 1 aromatic heterocycles. The Morgan fingerprint density at radius 2 is 1.90 bits per heavy atom. The zero-order valence-corrected chi connectivity index (χ0v) is 17.8. The van der Waals surface area contributed by atoms with Gasteiger partial charge in [-0.05, 0) is 36.5 Å². The summed E-state index contributed by atoms with van der Waals surface area (Å²) in [6.45, 7) is 1.93. The molecule has 3 heterocycles. The number of aliphatic hydroxyl groups is 1. The molecule has 3 fully saturated rings. The van der Waals surface area contributed by atoms with E-state index in [1.165, 1.54) is 25.5 Å². The summed E-state index contributed by atoms with van der Waals surface area (Å²) in [7, 11) is 0. The van der Waals surface area contributed by atoms with Crippen LogP contribution >= 0.6 is 0 Å². The van der Waals surface area contributed by atoms with Crippen LogP contribution in [0.15, 0.2) is 42.7 Å². The van der Waals surface area contributed by atoms with Crippen LogP contribution in [-0.4, -0.2) is 56.6 Å². The van der Waals surface area contributed by atoms with Crippen LogP contribution in [0.4, 0.5) is 4.39 Å². The van der Waals surface area contributed by atoms with Gasteiger partial charge in [-0.3, -0.25) is 14.7 Å². The number of pyridine rings is 1. The molecule has 2 saturated heterocycles. The fraction of sp³-hybridized carbons (Fsp3) is 0.520. The number of amides is 1. The zero-order valence-electron chi connectivity index (χ0n) is 17.8. The fourth-order valence-electron chi connectivity index (χ4n) is 5.85. The van der Waals surface area contributed by atoms with E-state index in [9.17, 15) is 14.3 Å². The largest absolute Gasteiger partial charge is 0.392 e. The van der Waals surface area contributed by atoms with Crippen molar-refractivity contribution < 1.29 is 14.3 Å². The molecule has 2 aliphatic heterocycles. The van der Waals surface area contributed by atoms with Crippen LogP contribution in [0.2, 0.25) is 0 Å². The van der Waals surface area contributed by atoms with Crippen molar-refractivity contribution in [3.8, 4) is 11.1 Å². The van der Waals surface area contributed by atoms with Crippen LogP contribution in [0.25, 0.3) is 11.1 Å². The Hall–Kier alpha value is -2.31. The molecule has 1 spiro atoms. The maximum Gasteiger partial charge on any atom is 0.243 e. The van der Waals surface area contributed by atoms with Crippen LogP contribution in [0, 0.1) is 5.82 Å². The van der Waals surface area contributed by atoms with Crippen LogP contribution < -0.4 is 0 Å². The second-order valence-corrected chi connectivity index (χ2v) is 9.36. The number of aromatic nitrogens is 1. The Kier molecular flexibility index (Phi) is 5.52. The minimum Gasteiger partial charge on any atom is -0.392 e. The number of rotatable bonds is 4. The number of nitrogens with zero attached hydrogens (tertiary/aromatic N) is 3. The number of hydrogen-bond donors (Lipinski definition) is 1. The standard InChI is InChI=1S/C25H30FN3O2/c26-23-15-27-12-10-22(23)19-8-6-18(7-9-19)16-28-17-21(30)14-25(28)11-13-29(24(25)31)20-4-2-1-3-5-20/h6-10,12,15,20-21,30H,1-5,11,13-14,16-17H2/t21-,25?/m1/s1. The van der Waals surface area contributed by atoms with Gasteiger partial charge in [0, 0.05) is 43.9 Å². The Morgan fingerprint density at radius 3 is 2.65 bits per heavy atom. The minimum absolute atomic E-state index is 0.214. The highest BCUT2D eigenvalue weighted by atomic mass is 19.1. The molecule has 164 valence electrons. The van der Waals surface area contributed by atoms with Crippen molar-refractivity contribution in [1.82, 2.24) is 14.8 Å². The van der Waals surface area contributed by atoms with E-state index in [-0.39, 0.29) is 11.7 Å². The summed E-state index contributed by atoms with van der Waals surface area (Å²) in [5, 5.41) is 10.5. The lowest BCUT2D eigenvalue weighted by Gasteiger charge is -2.36. The number of carbonyl (C=O) groups excluding carboxylic acids is 1. The Bertz CT molecular complexity index is 944. The molecular formula is C25H30FN3O2. The van der Waals surface area contributed by atoms with Gasteiger partial charge in [0.2, 0.25) is 5.91 Å². The second kappa shape index (κ2) is 8.32. The van der Waals surface area contributed by atoms with E-state index in [0.29, 0.717) is 31.1 Å². The monoisotopic (exact) mass is 423 g/mol. The van der Waals surface area contributed by atoms with Crippen molar-refractivity contribution in [2.24, 2.45) is 0 Å². The number of benzene rings is 1. The SMILES string of the molecule is O=C1N(C2CCCCC2)CCC12C[C@@H](O)CN2Cc1ccc(-c2ccncc2F)cc1. The van der Waals surface area contributed by atoms with E-state index in [1.54, 1.807) is 12.3 Å². The molecule has 3 aliphatic rings. The maximum absolute atomic E-state index is 14.0. The molecule has 6 heteroatoms. The Labute approximate surface area is 182 Å². The van der Waals surface area contributed by atoms with E-state index in [4.69, 9.17) is 0 Å². The zero-order chi connectivity index (χ0) is 21.4. The van der Waals surface area contributed by atoms with Crippen LogP contribution in [0.1, 0.15) is 50.5 Å². The highest BCUT2D eigenvalue weighted by Gasteiger charge is 2.56. The average molecular weight is 424 g/mol. The molecule has 2 atom stereocenters. The van der Waals surface area contributed by atoms with Crippen molar-refractivity contribution in [1.29, 1.82) is 0 Å². The molecule has 5 nitrogen and oxygen atoms in total. The van der Waals surface area contributed by atoms with Crippen molar-refractivity contribution >= 4 is 5.91 Å². The molecule has 1 aromatic carbocycles. The number of carbonyl (C=O) groups is 1. The predicted octanol–water partition coefficient (Wildman–Crippen LogP) is 3.76. The summed E-state index contributed by atoms with van der Waals surface area (Å²) in [6.07, 6.45) is 9.56. The Morgan fingerprint density at radius 1 is 1.13 bits per heavy atom. The van der Waals surface area contributed by atoms with Gasteiger partial charge in [0.05, 0.1) is 12.3 Å². The Balaban J connectivity index is 1.34. The van der Waals surface area contributed by atoms with Gasteiger partial charge >= 0.3 is 0 Å². The summed E-state index contributed by atoms with van der Waals surface area (Å²) in [6, 6.07) is 9.86. The number of hydrogen-bond acceptors (Lipinski definition) is 4. The van der Waals surface area contributed by atoms with Crippen molar-refractivity contribution in [2.45, 2.75) is 69.2 Å². The van der Waals surface area contributed by atoms with Crippen molar-refractivity contribution in [3.63, 3.8) is 0 Å². The smallest absolute Gasteiger partial charge is 0.243 e. The molecule has 1 N–H and O–H groups in total. The van der Waals surface area contributed by atoms with Crippen LogP contribution in [-0.2, 0) is 11.3 Å². The van der Waals surface area contributed by atoms with E-state index < -0.39 is 11.6 Å². The average Bonchev–Trinajstić information content (AvgIpc) is 3.28. The van der Waals surface area contributed by atoms with Gasteiger partial charge in [0.15, 0.2) is 0 Å². The molecule has 1 amide bonds. The molecule has 1 saturated carbocycles. The molecule has 1 unspecified atom stereocenters. The quantitative estimate of drug-likeness (QED) is 0.814. The lowest BCUT2D eigenvalue weighted by molar-refractivity contribution is -0.139. The third-order valence-electron chi connectivity index (χ3n) is 7.46. The number of β-amino-alcohol motifs (C(OH)–C–C–N with tert-alkyl or cyclic N) is 1. The third kappa shape index (κ3) is 3.76. The van der Waals surface area contributed by atoms with Gasteiger partial charge in [-0.1, -0.05) is 43.5 Å². The van der Waals surface area contributed by atoms with Gasteiger partial charge in [0.1, 0.15) is 11.4 Å². The van der Waals surface area contributed by atoms with Crippen molar-refractivity contribution in [3.05, 3.63) is 54.1 Å². The van der Waals surface area contributed by atoms with Gasteiger partial charge in [0.25, 0.3) is 0 Å². The molecule has 0 bridgehead atoms. The summed E-state index contributed by atoms with van der Waals surface area (Å²) in [4.78, 5) is 21.7. The number of halogens is 1. The summed E-state index contributed by atoms with van der Waals surface area (Å²) in [5.41, 5.74) is 1.83. The first-order valence-electron chi connectivity index (χ1n) is 11.5. The lowest BCUT2D eigenvalue weighted by Crippen LogP contribution is -2.51. The van der Waals surface area contributed by atoms with Crippen LogP contribution in [0.3, 0.4) is 0 Å². The first-order chi connectivity index (χ1) is 15.1. The maximum atomic E-state index is 14.0. The normalized spacial score (nSPS) is 27.5.